The summed E-state index contributed by atoms with van der Waals surface area (Å²) in [6, 6.07) is 0. The van der Waals surface area contributed by atoms with E-state index < -0.39 is 42.9 Å². The van der Waals surface area contributed by atoms with Crippen molar-refractivity contribution in [3.63, 3.8) is 0 Å². The molecule has 21 heavy (non-hydrogen) atoms. The lowest BCUT2D eigenvalue weighted by Gasteiger charge is -2.33. The van der Waals surface area contributed by atoms with Crippen LogP contribution in [0.15, 0.2) is 12.2 Å². The molecule has 0 amide bonds. The third kappa shape index (κ3) is 4.03. The van der Waals surface area contributed by atoms with Crippen LogP contribution in [0.25, 0.3) is 0 Å². The Labute approximate surface area is 112 Å². The predicted molar refractivity (Wildman–Crippen MR) is 51.3 cm³/mol. The van der Waals surface area contributed by atoms with Gasteiger partial charge in [0.1, 0.15) is 0 Å². The smallest absolute Gasteiger partial charge is 0.460 e. The maximum atomic E-state index is 12.9. The van der Waals surface area contributed by atoms with E-state index >= 15 is 0 Å². The SMILES string of the molecule is C/C=C\C(=O)OCCC(F)(F)C(F)(F)C(F)(F)C(F)(F)F. The molecule has 0 fully saturated rings. The van der Waals surface area contributed by atoms with E-state index in [1.807, 2.05) is 0 Å². The van der Waals surface area contributed by atoms with Crippen molar-refractivity contribution in [2.24, 2.45) is 0 Å². The largest absolute Gasteiger partial charge is 0.462 e. The first-order chi connectivity index (χ1) is 9.20. The topological polar surface area (TPSA) is 26.3 Å². The second-order valence-electron chi connectivity index (χ2n) is 3.77. The standard InChI is InChI=1S/C10H9F9O2/c1-2-3-6(20)21-5-4-7(11,12)8(13,14)9(15,16)10(17,18)19/h2-3H,4-5H2,1H3/b3-2-. The molecule has 0 aliphatic carbocycles. The zero-order valence-corrected chi connectivity index (χ0v) is 10.3. The Hall–Kier alpha value is -1.42. The Bertz CT molecular complexity index is 398. The first-order valence-corrected chi connectivity index (χ1v) is 5.20. The number of carbonyl (C=O) groups excluding carboxylic acids is 1. The van der Waals surface area contributed by atoms with E-state index in [2.05, 4.69) is 4.74 Å². The molecular weight excluding hydrogens is 323 g/mol. The summed E-state index contributed by atoms with van der Waals surface area (Å²) < 4.78 is 115. The minimum atomic E-state index is -6.93. The number of halogens is 9. The van der Waals surface area contributed by atoms with Gasteiger partial charge in [0, 0.05) is 6.08 Å². The van der Waals surface area contributed by atoms with Crippen LogP contribution in [0.1, 0.15) is 13.3 Å². The highest BCUT2D eigenvalue weighted by Crippen LogP contribution is 2.53. The van der Waals surface area contributed by atoms with Crippen molar-refractivity contribution in [3.05, 3.63) is 12.2 Å². The van der Waals surface area contributed by atoms with Crippen LogP contribution < -0.4 is 0 Å². The molecule has 2 nitrogen and oxygen atoms in total. The summed E-state index contributed by atoms with van der Waals surface area (Å²) >= 11 is 0. The lowest BCUT2D eigenvalue weighted by atomic mass is 10.0. The zero-order chi connectivity index (χ0) is 17.1. The van der Waals surface area contributed by atoms with Crippen LogP contribution in [0.3, 0.4) is 0 Å². The Morgan fingerprint density at radius 3 is 1.81 bits per heavy atom. The Morgan fingerprint density at radius 1 is 0.952 bits per heavy atom. The molecule has 11 heteroatoms. The molecule has 0 bridgehead atoms. The average Bonchev–Trinajstić information content (AvgIpc) is 2.26. The van der Waals surface area contributed by atoms with E-state index in [4.69, 9.17) is 0 Å². The highest BCUT2D eigenvalue weighted by molar-refractivity contribution is 5.81. The molecule has 0 N–H and O–H groups in total. The number of carbonyl (C=O) groups is 1. The van der Waals surface area contributed by atoms with Crippen molar-refractivity contribution < 1.29 is 49.0 Å². The number of rotatable bonds is 6. The molecule has 0 radical (unpaired) electrons. The molecule has 0 saturated heterocycles. The summed E-state index contributed by atoms with van der Waals surface area (Å²) in [5, 5.41) is 0. The highest BCUT2D eigenvalue weighted by Gasteiger charge is 2.81. The molecule has 0 atom stereocenters. The van der Waals surface area contributed by atoms with Crippen LogP contribution in [0.2, 0.25) is 0 Å². The number of ether oxygens (including phenoxy) is 1. The Kier molecular flexibility index (Phi) is 5.73. The minimum absolute atomic E-state index is 0.709. The quantitative estimate of drug-likeness (QED) is 0.418. The number of esters is 1. The molecule has 0 saturated carbocycles. The Morgan fingerprint density at radius 2 is 1.43 bits per heavy atom. The number of alkyl halides is 9. The molecule has 0 aromatic carbocycles. The maximum Gasteiger partial charge on any atom is 0.460 e. The fourth-order valence-electron chi connectivity index (χ4n) is 1.03. The molecule has 0 aliphatic heterocycles. The lowest BCUT2D eigenvalue weighted by Crippen LogP contribution is -2.61. The van der Waals surface area contributed by atoms with E-state index in [-0.39, 0.29) is 0 Å². The monoisotopic (exact) mass is 332 g/mol. The first-order valence-electron chi connectivity index (χ1n) is 5.20. The zero-order valence-electron chi connectivity index (χ0n) is 10.3. The fraction of sp³-hybridized carbons (Fsp3) is 0.700. The second kappa shape index (κ2) is 6.14. The van der Waals surface area contributed by atoms with Crippen LogP contribution in [0.5, 0.6) is 0 Å². The van der Waals surface area contributed by atoms with Gasteiger partial charge in [-0.3, -0.25) is 0 Å². The summed E-state index contributed by atoms with van der Waals surface area (Å²) in [5.41, 5.74) is 0. The fourth-order valence-corrected chi connectivity index (χ4v) is 1.03. The van der Waals surface area contributed by atoms with Crippen molar-refractivity contribution in [3.8, 4) is 0 Å². The summed E-state index contributed by atoms with van der Waals surface area (Å²) in [6.07, 6.45) is -7.25. The lowest BCUT2D eigenvalue weighted by molar-refractivity contribution is -0.397. The van der Waals surface area contributed by atoms with Crippen LogP contribution >= 0.6 is 0 Å². The van der Waals surface area contributed by atoms with Crippen molar-refractivity contribution in [1.82, 2.24) is 0 Å². The molecule has 0 rings (SSSR count). The Balaban J connectivity index is 5.01. The van der Waals surface area contributed by atoms with E-state index in [1.54, 1.807) is 0 Å². The van der Waals surface area contributed by atoms with Crippen molar-refractivity contribution in [2.45, 2.75) is 37.3 Å². The summed E-state index contributed by atoms with van der Waals surface area (Å²) in [7, 11) is 0. The molecule has 0 aliphatic rings. The van der Waals surface area contributed by atoms with Gasteiger partial charge in [-0.25, -0.2) is 4.79 Å². The molecule has 0 aromatic heterocycles. The molecule has 0 unspecified atom stereocenters. The second-order valence-corrected chi connectivity index (χ2v) is 3.77. The van der Waals surface area contributed by atoms with Crippen LogP contribution in [0.4, 0.5) is 39.5 Å². The van der Waals surface area contributed by atoms with Gasteiger partial charge in [-0.2, -0.15) is 39.5 Å². The normalized spacial score (nSPS) is 14.6. The average molecular weight is 332 g/mol. The first kappa shape index (κ1) is 19.6. The summed E-state index contributed by atoms with van der Waals surface area (Å²) in [6.45, 7) is -0.131. The third-order valence-corrected chi connectivity index (χ3v) is 2.17. The molecular formula is C10H9F9O2. The molecule has 0 spiro atoms. The highest BCUT2D eigenvalue weighted by atomic mass is 19.4. The summed E-state index contributed by atoms with van der Waals surface area (Å²) in [5.74, 6) is -20.6. The van der Waals surface area contributed by atoms with Gasteiger partial charge in [0.2, 0.25) is 0 Å². The molecule has 124 valence electrons. The predicted octanol–water partition coefficient (Wildman–Crippen LogP) is 3.96. The van der Waals surface area contributed by atoms with E-state index in [9.17, 15) is 44.3 Å². The van der Waals surface area contributed by atoms with Crippen molar-refractivity contribution >= 4 is 5.97 Å². The third-order valence-electron chi connectivity index (χ3n) is 2.17. The number of allylic oxidation sites excluding steroid dienone is 1. The van der Waals surface area contributed by atoms with E-state index in [1.165, 1.54) is 6.92 Å². The number of hydrogen-bond acceptors (Lipinski definition) is 2. The van der Waals surface area contributed by atoms with Crippen LogP contribution in [-0.2, 0) is 9.53 Å². The van der Waals surface area contributed by atoms with Crippen LogP contribution in [0, 0.1) is 0 Å². The molecule has 0 aromatic rings. The van der Waals surface area contributed by atoms with Gasteiger partial charge in [0.05, 0.1) is 13.0 Å². The van der Waals surface area contributed by atoms with Gasteiger partial charge in [0.25, 0.3) is 0 Å². The minimum Gasteiger partial charge on any atom is -0.462 e. The van der Waals surface area contributed by atoms with Gasteiger partial charge in [-0.1, -0.05) is 6.08 Å². The number of hydrogen-bond donors (Lipinski definition) is 0. The van der Waals surface area contributed by atoms with Crippen LogP contribution in [-0.4, -0.2) is 36.5 Å². The maximum absolute atomic E-state index is 12.9. The van der Waals surface area contributed by atoms with Gasteiger partial charge >= 0.3 is 29.9 Å². The van der Waals surface area contributed by atoms with Gasteiger partial charge in [-0.05, 0) is 6.92 Å². The van der Waals surface area contributed by atoms with Crippen molar-refractivity contribution in [1.29, 1.82) is 0 Å². The summed E-state index contributed by atoms with van der Waals surface area (Å²) in [4.78, 5) is 10.7. The van der Waals surface area contributed by atoms with Gasteiger partial charge in [-0.15, -0.1) is 0 Å². The van der Waals surface area contributed by atoms with Gasteiger partial charge < -0.3 is 4.74 Å². The molecule has 0 heterocycles. The van der Waals surface area contributed by atoms with E-state index in [0.717, 1.165) is 6.08 Å². The van der Waals surface area contributed by atoms with Crippen molar-refractivity contribution in [2.75, 3.05) is 6.61 Å². The van der Waals surface area contributed by atoms with Gasteiger partial charge in [0.15, 0.2) is 0 Å². The van der Waals surface area contributed by atoms with E-state index in [0.29, 0.717) is 6.08 Å².